The number of carbonyl (C=O) groups is 3. The van der Waals surface area contributed by atoms with Crippen LogP contribution in [0.2, 0.25) is 0 Å². The van der Waals surface area contributed by atoms with E-state index in [1.54, 1.807) is 25.1 Å². The highest BCUT2D eigenvalue weighted by molar-refractivity contribution is 7.18. The maximum Gasteiger partial charge on any atom is 0.349 e. The smallest absolute Gasteiger partial charge is 0.349 e. The molecule has 184 valence electrons. The molecule has 10 heteroatoms. The summed E-state index contributed by atoms with van der Waals surface area (Å²) < 4.78 is 21.5. The highest BCUT2D eigenvalue weighted by atomic mass is 32.1. The molecule has 0 aliphatic carbocycles. The molecule has 2 amide bonds. The molecule has 0 bridgehead atoms. The Morgan fingerprint density at radius 2 is 1.86 bits per heavy atom. The summed E-state index contributed by atoms with van der Waals surface area (Å²) in [5.41, 5.74) is 1.50. The molecule has 0 fully saturated rings. The van der Waals surface area contributed by atoms with Crippen molar-refractivity contribution in [1.29, 1.82) is 0 Å². The van der Waals surface area contributed by atoms with Crippen molar-refractivity contribution in [1.82, 2.24) is 5.32 Å². The predicted octanol–water partition coefficient (Wildman–Crippen LogP) is 4.34. The number of esters is 1. The lowest BCUT2D eigenvalue weighted by molar-refractivity contribution is -0.125. The fourth-order valence-electron chi connectivity index (χ4n) is 3.63. The number of rotatable bonds is 8. The lowest BCUT2D eigenvalue weighted by Crippen LogP contribution is -2.35. The van der Waals surface area contributed by atoms with Crippen molar-refractivity contribution < 1.29 is 33.0 Å². The van der Waals surface area contributed by atoms with E-state index in [1.807, 2.05) is 32.0 Å². The second-order valence-corrected chi connectivity index (χ2v) is 9.37. The van der Waals surface area contributed by atoms with Crippen molar-refractivity contribution in [3.05, 3.63) is 64.4 Å². The van der Waals surface area contributed by atoms with E-state index in [9.17, 15) is 14.4 Å². The third kappa shape index (κ3) is 5.83. The molecular weight excluding hydrogens is 472 g/mol. The first-order valence-corrected chi connectivity index (χ1v) is 11.9. The lowest BCUT2D eigenvalue weighted by atomic mass is 9.95. The van der Waals surface area contributed by atoms with Gasteiger partial charge < -0.3 is 29.3 Å². The lowest BCUT2D eigenvalue weighted by Gasteiger charge is -2.25. The van der Waals surface area contributed by atoms with Crippen molar-refractivity contribution >= 4 is 34.1 Å². The van der Waals surface area contributed by atoms with Gasteiger partial charge in [0.2, 0.25) is 0 Å². The van der Waals surface area contributed by atoms with Crippen molar-refractivity contribution in [2.24, 2.45) is 5.92 Å². The maximum atomic E-state index is 12.6. The monoisotopic (exact) mass is 498 g/mol. The number of benzene rings is 1. The van der Waals surface area contributed by atoms with E-state index >= 15 is 0 Å². The minimum absolute atomic E-state index is 0.0806. The Labute approximate surface area is 206 Å². The number of hydrogen-bond acceptors (Lipinski definition) is 8. The van der Waals surface area contributed by atoms with Crippen LogP contribution in [0.4, 0.5) is 5.00 Å². The molecule has 0 spiro atoms. The maximum absolute atomic E-state index is 12.6. The normalized spacial score (nSPS) is 13.3. The van der Waals surface area contributed by atoms with E-state index < -0.39 is 24.4 Å². The standard InChI is InChI=1S/C25H26N2O7S/c1-14(2)22(16-6-7-17-19(12-16)33-10-9-32-17)26-20(28)13-34-25(30)23-15(3)11-21(35-23)27-24(29)18-5-4-8-31-18/h4-8,11-12,14,22H,9-10,13H2,1-3H3,(H,26,28)(H,27,29). The van der Waals surface area contributed by atoms with Crippen LogP contribution in [0.5, 0.6) is 11.5 Å². The number of furan rings is 1. The summed E-state index contributed by atoms with van der Waals surface area (Å²) >= 11 is 1.07. The van der Waals surface area contributed by atoms with Gasteiger partial charge in [0, 0.05) is 0 Å². The number of nitrogens with one attached hydrogen (secondary N) is 2. The molecule has 0 saturated carbocycles. The van der Waals surface area contributed by atoms with Gasteiger partial charge >= 0.3 is 5.97 Å². The van der Waals surface area contributed by atoms with E-state index in [2.05, 4.69) is 10.6 Å². The molecule has 35 heavy (non-hydrogen) atoms. The van der Waals surface area contributed by atoms with Gasteiger partial charge in [0.25, 0.3) is 11.8 Å². The molecular formula is C25H26N2O7S. The van der Waals surface area contributed by atoms with Crippen molar-refractivity contribution in [2.75, 3.05) is 25.1 Å². The summed E-state index contributed by atoms with van der Waals surface area (Å²) in [6.07, 6.45) is 1.40. The Kier molecular flexibility index (Phi) is 7.40. The van der Waals surface area contributed by atoms with E-state index in [4.69, 9.17) is 18.6 Å². The zero-order valence-electron chi connectivity index (χ0n) is 19.6. The molecule has 1 aromatic carbocycles. The topological polar surface area (TPSA) is 116 Å². The van der Waals surface area contributed by atoms with Crippen LogP contribution in [0.25, 0.3) is 0 Å². The summed E-state index contributed by atoms with van der Waals surface area (Å²) in [5, 5.41) is 6.09. The summed E-state index contributed by atoms with van der Waals surface area (Å²) in [6, 6.07) is 10.1. The molecule has 1 unspecified atom stereocenters. The number of thiophene rings is 1. The molecule has 4 rings (SSSR count). The average molecular weight is 499 g/mol. The van der Waals surface area contributed by atoms with Crippen LogP contribution in [-0.2, 0) is 9.53 Å². The van der Waals surface area contributed by atoms with E-state index in [0.717, 1.165) is 16.9 Å². The Bertz CT molecular complexity index is 1220. The van der Waals surface area contributed by atoms with Crippen LogP contribution in [0.3, 0.4) is 0 Å². The first-order chi connectivity index (χ1) is 16.8. The summed E-state index contributed by atoms with van der Waals surface area (Å²) in [6.45, 7) is 6.25. The van der Waals surface area contributed by atoms with E-state index in [-0.39, 0.29) is 17.7 Å². The average Bonchev–Trinajstić information content (AvgIpc) is 3.50. The SMILES string of the molecule is Cc1cc(NC(=O)c2ccco2)sc1C(=O)OCC(=O)NC(c1ccc2c(c1)OCCO2)C(C)C. The Morgan fingerprint density at radius 1 is 1.09 bits per heavy atom. The second-order valence-electron chi connectivity index (χ2n) is 8.32. The zero-order chi connectivity index (χ0) is 24.9. The quantitative estimate of drug-likeness (QED) is 0.444. The Morgan fingerprint density at radius 3 is 2.57 bits per heavy atom. The number of anilines is 1. The fourth-order valence-corrected chi connectivity index (χ4v) is 4.59. The van der Waals surface area contributed by atoms with E-state index in [1.165, 1.54) is 6.26 Å². The molecule has 1 atom stereocenters. The second kappa shape index (κ2) is 10.6. The third-order valence-corrected chi connectivity index (χ3v) is 6.46. The van der Waals surface area contributed by atoms with Crippen LogP contribution < -0.4 is 20.1 Å². The van der Waals surface area contributed by atoms with Gasteiger partial charge in [-0.1, -0.05) is 19.9 Å². The number of carbonyl (C=O) groups excluding carboxylic acids is 3. The Hall–Kier alpha value is -3.79. The minimum atomic E-state index is -0.637. The minimum Gasteiger partial charge on any atom is -0.486 e. The van der Waals surface area contributed by atoms with Gasteiger partial charge in [0.1, 0.15) is 18.1 Å². The molecule has 9 nitrogen and oxygen atoms in total. The van der Waals surface area contributed by atoms with Crippen LogP contribution in [0.1, 0.15) is 51.2 Å². The van der Waals surface area contributed by atoms with Crippen LogP contribution >= 0.6 is 11.3 Å². The number of amides is 2. The zero-order valence-corrected chi connectivity index (χ0v) is 20.4. The van der Waals surface area contributed by atoms with Crippen LogP contribution in [0, 0.1) is 12.8 Å². The van der Waals surface area contributed by atoms with Crippen molar-refractivity contribution in [3.8, 4) is 11.5 Å². The van der Waals surface area contributed by atoms with E-state index in [0.29, 0.717) is 40.2 Å². The summed E-state index contributed by atoms with van der Waals surface area (Å²) in [5.74, 6) is 0.0760. The molecule has 3 heterocycles. The number of aryl methyl sites for hydroxylation is 1. The Balaban J connectivity index is 1.35. The third-order valence-electron chi connectivity index (χ3n) is 5.33. The van der Waals surface area contributed by atoms with Gasteiger partial charge in [-0.2, -0.15) is 0 Å². The van der Waals surface area contributed by atoms with Gasteiger partial charge in [0.15, 0.2) is 23.9 Å². The molecule has 0 saturated heterocycles. The van der Waals surface area contributed by atoms with Gasteiger partial charge in [-0.3, -0.25) is 9.59 Å². The van der Waals surface area contributed by atoms with Crippen molar-refractivity contribution in [3.63, 3.8) is 0 Å². The van der Waals surface area contributed by atoms with Crippen LogP contribution in [0.15, 0.2) is 47.1 Å². The first-order valence-electron chi connectivity index (χ1n) is 11.1. The highest BCUT2D eigenvalue weighted by Crippen LogP contribution is 2.34. The summed E-state index contributed by atoms with van der Waals surface area (Å²) in [7, 11) is 0. The number of hydrogen-bond donors (Lipinski definition) is 2. The highest BCUT2D eigenvalue weighted by Gasteiger charge is 2.23. The van der Waals surface area contributed by atoms with Gasteiger partial charge in [0.05, 0.1) is 17.3 Å². The molecule has 0 radical (unpaired) electrons. The summed E-state index contributed by atoms with van der Waals surface area (Å²) in [4.78, 5) is 37.7. The number of ether oxygens (including phenoxy) is 3. The largest absolute Gasteiger partial charge is 0.486 e. The molecule has 2 N–H and O–H groups in total. The molecule has 2 aromatic heterocycles. The number of fused-ring (bicyclic) bond motifs is 1. The van der Waals surface area contributed by atoms with Gasteiger partial charge in [-0.05, 0) is 54.3 Å². The first kappa shape index (κ1) is 24.3. The molecule has 1 aliphatic heterocycles. The predicted molar refractivity (Wildman–Crippen MR) is 129 cm³/mol. The van der Waals surface area contributed by atoms with Gasteiger partial charge in [-0.25, -0.2) is 4.79 Å². The van der Waals surface area contributed by atoms with Crippen LogP contribution in [-0.4, -0.2) is 37.6 Å². The molecule has 3 aromatic rings. The fraction of sp³-hybridized carbons (Fsp3) is 0.320. The molecule has 1 aliphatic rings. The van der Waals surface area contributed by atoms with Crippen molar-refractivity contribution in [2.45, 2.75) is 26.8 Å². The van der Waals surface area contributed by atoms with Gasteiger partial charge in [-0.15, -0.1) is 11.3 Å².